The summed E-state index contributed by atoms with van der Waals surface area (Å²) < 4.78 is 10.8. The van der Waals surface area contributed by atoms with E-state index in [0.29, 0.717) is 19.3 Å². The van der Waals surface area contributed by atoms with Crippen molar-refractivity contribution in [1.82, 2.24) is 0 Å². The number of carbonyl (C=O) groups excluding carboxylic acids is 3. The van der Waals surface area contributed by atoms with Crippen molar-refractivity contribution in [2.45, 2.75) is 44.8 Å². The minimum atomic E-state index is -1.66. The zero-order chi connectivity index (χ0) is 16.9. The zero-order valence-electron chi connectivity index (χ0n) is 13.4. The van der Waals surface area contributed by atoms with E-state index in [-0.39, 0.29) is 23.5 Å². The van der Waals surface area contributed by atoms with Crippen LogP contribution in [0.1, 0.15) is 33.1 Å². The lowest BCUT2D eigenvalue weighted by molar-refractivity contribution is -0.179. The lowest BCUT2D eigenvalue weighted by Crippen LogP contribution is -2.50. The summed E-state index contributed by atoms with van der Waals surface area (Å²) in [6.45, 7) is 6.55. The van der Waals surface area contributed by atoms with E-state index in [0.717, 1.165) is 5.57 Å². The molecule has 0 aromatic heterocycles. The number of Topliss-reactive ketones (excluding diaryl/α,β-unsaturated/α-hetero) is 1. The Balaban J connectivity index is 2.03. The van der Waals surface area contributed by atoms with Gasteiger partial charge in [-0.05, 0) is 18.8 Å². The van der Waals surface area contributed by atoms with E-state index < -0.39 is 36.2 Å². The van der Waals surface area contributed by atoms with Crippen LogP contribution in [-0.4, -0.2) is 41.1 Å². The van der Waals surface area contributed by atoms with E-state index in [1.54, 1.807) is 0 Å². The summed E-state index contributed by atoms with van der Waals surface area (Å²) in [5.41, 5.74) is -0.676. The van der Waals surface area contributed by atoms with E-state index in [4.69, 9.17) is 9.47 Å². The standard InChI is InChI=1S/C17H22O6/c1-8-4-5-12-15(14-9(2)13(20)6-11(8)14)22-16(21)17(12,7-18)23-10(3)19/h9,11-12,14-15,18H,1,4-7H2,2-3H3. The van der Waals surface area contributed by atoms with E-state index in [1.165, 1.54) is 6.92 Å². The van der Waals surface area contributed by atoms with Gasteiger partial charge in [-0.2, -0.15) is 0 Å². The normalized spacial score (nSPS) is 42.7. The second kappa shape index (κ2) is 5.44. The van der Waals surface area contributed by atoms with Crippen molar-refractivity contribution in [3.63, 3.8) is 0 Å². The molecule has 1 saturated heterocycles. The molecule has 0 radical (unpaired) electrons. The summed E-state index contributed by atoms with van der Waals surface area (Å²) in [5, 5.41) is 9.82. The second-order valence-corrected chi connectivity index (χ2v) is 6.96. The van der Waals surface area contributed by atoms with Crippen molar-refractivity contribution in [1.29, 1.82) is 0 Å². The van der Waals surface area contributed by atoms with Gasteiger partial charge in [0.1, 0.15) is 11.9 Å². The first-order chi connectivity index (χ1) is 10.8. The third-order valence-corrected chi connectivity index (χ3v) is 5.80. The van der Waals surface area contributed by atoms with Crippen LogP contribution in [0, 0.1) is 23.7 Å². The average Bonchev–Trinajstić information content (AvgIpc) is 2.87. The number of aliphatic hydroxyl groups is 1. The van der Waals surface area contributed by atoms with Crippen LogP contribution >= 0.6 is 0 Å². The zero-order valence-corrected chi connectivity index (χ0v) is 13.4. The Labute approximate surface area is 134 Å². The van der Waals surface area contributed by atoms with Gasteiger partial charge >= 0.3 is 11.9 Å². The highest BCUT2D eigenvalue weighted by Crippen LogP contribution is 2.53. The molecule has 6 nitrogen and oxygen atoms in total. The summed E-state index contributed by atoms with van der Waals surface area (Å²) in [7, 11) is 0. The van der Waals surface area contributed by atoms with Crippen LogP contribution in [0.15, 0.2) is 12.2 Å². The number of fused-ring (bicyclic) bond motifs is 3. The third kappa shape index (κ3) is 2.23. The van der Waals surface area contributed by atoms with Crippen LogP contribution in [0.3, 0.4) is 0 Å². The predicted molar refractivity (Wildman–Crippen MR) is 79.1 cm³/mol. The van der Waals surface area contributed by atoms with Crippen LogP contribution in [0.5, 0.6) is 0 Å². The summed E-state index contributed by atoms with van der Waals surface area (Å²) in [6, 6.07) is 0. The maximum atomic E-state index is 12.4. The van der Waals surface area contributed by atoms with Crippen LogP contribution < -0.4 is 0 Å². The van der Waals surface area contributed by atoms with E-state index >= 15 is 0 Å². The molecule has 1 heterocycles. The van der Waals surface area contributed by atoms with Crippen LogP contribution in [0.2, 0.25) is 0 Å². The molecule has 3 fully saturated rings. The molecular weight excluding hydrogens is 300 g/mol. The Morgan fingerprint density at radius 3 is 2.78 bits per heavy atom. The van der Waals surface area contributed by atoms with E-state index in [2.05, 4.69) is 6.58 Å². The lowest BCUT2D eigenvalue weighted by atomic mass is 9.76. The quantitative estimate of drug-likeness (QED) is 0.603. The number of hydrogen-bond donors (Lipinski definition) is 1. The van der Waals surface area contributed by atoms with Crippen molar-refractivity contribution >= 4 is 17.7 Å². The van der Waals surface area contributed by atoms with Gasteiger partial charge in [0.15, 0.2) is 0 Å². The molecule has 6 unspecified atom stereocenters. The van der Waals surface area contributed by atoms with Gasteiger partial charge in [-0.15, -0.1) is 0 Å². The van der Waals surface area contributed by atoms with Gasteiger partial charge in [-0.1, -0.05) is 19.1 Å². The minimum absolute atomic E-state index is 0.00730. The molecule has 1 aliphatic heterocycles. The highest BCUT2D eigenvalue weighted by Gasteiger charge is 2.65. The monoisotopic (exact) mass is 322 g/mol. The van der Waals surface area contributed by atoms with Gasteiger partial charge in [0, 0.05) is 31.1 Å². The number of rotatable bonds is 2. The summed E-state index contributed by atoms with van der Waals surface area (Å²) >= 11 is 0. The molecule has 1 N–H and O–H groups in total. The van der Waals surface area contributed by atoms with Gasteiger partial charge < -0.3 is 14.6 Å². The maximum absolute atomic E-state index is 12.4. The Hall–Kier alpha value is -1.69. The molecular formula is C17H22O6. The average molecular weight is 322 g/mol. The molecule has 0 aromatic rings. The predicted octanol–water partition coefficient (Wildman–Crippen LogP) is 1.01. The molecule has 6 heteroatoms. The van der Waals surface area contributed by atoms with Gasteiger partial charge in [0.2, 0.25) is 5.60 Å². The third-order valence-electron chi connectivity index (χ3n) is 5.80. The Morgan fingerprint density at radius 2 is 2.17 bits per heavy atom. The number of ketones is 1. The molecule has 2 saturated carbocycles. The maximum Gasteiger partial charge on any atom is 0.353 e. The molecule has 2 aliphatic carbocycles. The van der Waals surface area contributed by atoms with Crippen LogP contribution in [-0.2, 0) is 23.9 Å². The SMILES string of the molecule is C=C1CCC2C(OC(=O)C2(CO)OC(C)=O)C2C(C)C(=O)CC12. The fraction of sp³-hybridized carbons (Fsp3) is 0.706. The highest BCUT2D eigenvalue weighted by molar-refractivity contribution is 5.87. The summed E-state index contributed by atoms with van der Waals surface area (Å²) in [6.07, 6.45) is 1.06. The van der Waals surface area contributed by atoms with Crippen molar-refractivity contribution in [2.24, 2.45) is 23.7 Å². The molecule has 0 aromatic carbocycles. The Morgan fingerprint density at radius 1 is 1.48 bits per heavy atom. The molecule has 0 bridgehead atoms. The van der Waals surface area contributed by atoms with Gasteiger partial charge in [0.05, 0.1) is 6.61 Å². The number of aliphatic hydroxyl groups excluding tert-OH is 1. The van der Waals surface area contributed by atoms with Gasteiger partial charge in [-0.25, -0.2) is 4.79 Å². The van der Waals surface area contributed by atoms with Crippen molar-refractivity contribution < 1.29 is 29.0 Å². The van der Waals surface area contributed by atoms with Crippen molar-refractivity contribution in [3.8, 4) is 0 Å². The number of ether oxygens (including phenoxy) is 2. The second-order valence-electron chi connectivity index (χ2n) is 6.96. The smallest absolute Gasteiger partial charge is 0.353 e. The lowest BCUT2D eigenvalue weighted by Gasteiger charge is -2.31. The van der Waals surface area contributed by atoms with Crippen molar-refractivity contribution in [3.05, 3.63) is 12.2 Å². The number of carbonyl (C=O) groups is 3. The minimum Gasteiger partial charge on any atom is -0.459 e. The molecule has 3 rings (SSSR count). The molecule has 0 spiro atoms. The first-order valence-corrected chi connectivity index (χ1v) is 8.03. The summed E-state index contributed by atoms with van der Waals surface area (Å²) in [4.78, 5) is 36.1. The molecule has 23 heavy (non-hydrogen) atoms. The molecule has 6 atom stereocenters. The van der Waals surface area contributed by atoms with Crippen LogP contribution in [0.4, 0.5) is 0 Å². The van der Waals surface area contributed by atoms with Crippen LogP contribution in [0.25, 0.3) is 0 Å². The van der Waals surface area contributed by atoms with E-state index in [9.17, 15) is 19.5 Å². The first kappa shape index (κ1) is 16.2. The number of esters is 2. The fourth-order valence-corrected chi connectivity index (χ4v) is 4.61. The van der Waals surface area contributed by atoms with E-state index in [1.807, 2.05) is 6.92 Å². The number of allylic oxidation sites excluding steroid dienone is 1. The highest BCUT2D eigenvalue weighted by atomic mass is 16.6. The fourth-order valence-electron chi connectivity index (χ4n) is 4.61. The molecule has 0 amide bonds. The molecule has 126 valence electrons. The van der Waals surface area contributed by atoms with Gasteiger partial charge in [0.25, 0.3) is 0 Å². The van der Waals surface area contributed by atoms with Gasteiger partial charge in [-0.3, -0.25) is 9.59 Å². The number of hydrogen-bond acceptors (Lipinski definition) is 6. The first-order valence-electron chi connectivity index (χ1n) is 8.03. The largest absolute Gasteiger partial charge is 0.459 e. The Kier molecular flexibility index (Phi) is 3.83. The Bertz CT molecular complexity index is 582. The summed E-state index contributed by atoms with van der Waals surface area (Å²) in [5.74, 6) is -2.05. The molecule has 3 aliphatic rings. The van der Waals surface area contributed by atoms with Crippen molar-refractivity contribution in [2.75, 3.05) is 6.61 Å². The topological polar surface area (TPSA) is 89.9 Å².